The molecule has 4 rings (SSSR count). The summed E-state index contributed by atoms with van der Waals surface area (Å²) in [7, 11) is 0. The Labute approximate surface area is 135 Å². The van der Waals surface area contributed by atoms with Gasteiger partial charge in [0, 0.05) is 18.5 Å². The minimum Gasteiger partial charge on any atom is -0.305 e. The van der Waals surface area contributed by atoms with Crippen LogP contribution in [-0.2, 0) is 0 Å². The molecule has 0 aliphatic rings. The van der Waals surface area contributed by atoms with E-state index in [0.29, 0.717) is 17.0 Å². The van der Waals surface area contributed by atoms with Crippen molar-refractivity contribution in [3.63, 3.8) is 0 Å². The molecule has 8 heteroatoms. The van der Waals surface area contributed by atoms with Crippen molar-refractivity contribution in [2.45, 2.75) is 6.92 Å². The van der Waals surface area contributed by atoms with Crippen molar-refractivity contribution in [3.05, 3.63) is 53.3 Å². The molecule has 2 N–H and O–H groups in total. The van der Waals surface area contributed by atoms with Crippen molar-refractivity contribution in [1.29, 1.82) is 0 Å². The highest BCUT2D eigenvalue weighted by Gasteiger charge is 2.15. The summed E-state index contributed by atoms with van der Waals surface area (Å²) in [5, 5.41) is 16.0. The monoisotopic (exact) mass is 324 g/mol. The van der Waals surface area contributed by atoms with E-state index in [1.165, 1.54) is 11.8 Å². The van der Waals surface area contributed by atoms with Crippen LogP contribution in [0.1, 0.15) is 15.9 Å². The van der Waals surface area contributed by atoms with Gasteiger partial charge in [-0.25, -0.2) is 9.50 Å². The van der Waals surface area contributed by atoms with Gasteiger partial charge in [0.25, 0.3) is 5.91 Å². The molecule has 0 aromatic carbocycles. The molecule has 23 heavy (non-hydrogen) atoms. The highest BCUT2D eigenvalue weighted by molar-refractivity contribution is 7.13. The lowest BCUT2D eigenvalue weighted by molar-refractivity contribution is 0.102. The molecule has 0 fully saturated rings. The normalized spacial score (nSPS) is 11.0. The minimum atomic E-state index is -0.292. The lowest BCUT2D eigenvalue weighted by Gasteiger charge is -1.99. The Kier molecular flexibility index (Phi) is 3.16. The van der Waals surface area contributed by atoms with Crippen molar-refractivity contribution in [3.8, 4) is 10.6 Å². The maximum atomic E-state index is 12.4. The summed E-state index contributed by atoms with van der Waals surface area (Å²) in [6, 6.07) is 5.62. The van der Waals surface area contributed by atoms with Crippen LogP contribution < -0.4 is 5.32 Å². The number of anilines is 1. The number of aryl methyl sites for hydroxylation is 1. The summed E-state index contributed by atoms with van der Waals surface area (Å²) in [6.07, 6.45) is 4.86. The van der Waals surface area contributed by atoms with Gasteiger partial charge in [-0.1, -0.05) is 0 Å². The Morgan fingerprint density at radius 1 is 1.43 bits per heavy atom. The third kappa shape index (κ3) is 2.38. The molecule has 0 aliphatic carbocycles. The van der Waals surface area contributed by atoms with E-state index in [-0.39, 0.29) is 5.91 Å². The van der Waals surface area contributed by atoms with Crippen LogP contribution in [0.3, 0.4) is 0 Å². The topological polar surface area (TPSA) is 88.0 Å². The summed E-state index contributed by atoms with van der Waals surface area (Å²) >= 11 is 1.63. The SMILES string of the molecule is Cc1ccsc1-c1cc(NC(=O)c2cnn3cccnc23)n[nH]1. The fourth-order valence-corrected chi connectivity index (χ4v) is 3.22. The number of hydrogen-bond donors (Lipinski definition) is 2. The number of aromatic amines is 1. The van der Waals surface area contributed by atoms with Crippen LogP contribution >= 0.6 is 11.3 Å². The average Bonchev–Trinajstić information content (AvgIpc) is 3.26. The van der Waals surface area contributed by atoms with E-state index in [9.17, 15) is 4.79 Å². The standard InChI is InChI=1S/C15H12N6OS/c1-9-3-6-23-13(9)11-7-12(20-19-11)18-15(22)10-8-17-21-5-2-4-16-14(10)21/h2-8H,1H3,(H2,18,19,20,22). The van der Waals surface area contributed by atoms with Crippen LogP contribution in [0.2, 0.25) is 0 Å². The fourth-order valence-electron chi connectivity index (χ4n) is 2.32. The van der Waals surface area contributed by atoms with Crippen molar-refractivity contribution >= 4 is 28.7 Å². The maximum Gasteiger partial charge on any atom is 0.262 e. The molecule has 0 unspecified atom stereocenters. The van der Waals surface area contributed by atoms with E-state index in [1.54, 1.807) is 34.3 Å². The highest BCUT2D eigenvalue weighted by Crippen LogP contribution is 2.28. The molecule has 4 aromatic heterocycles. The average molecular weight is 324 g/mol. The van der Waals surface area contributed by atoms with Crippen molar-refractivity contribution in [2.24, 2.45) is 0 Å². The van der Waals surface area contributed by atoms with Crippen molar-refractivity contribution in [1.82, 2.24) is 24.8 Å². The Hall–Kier alpha value is -3.00. The summed E-state index contributed by atoms with van der Waals surface area (Å²) in [4.78, 5) is 17.7. The summed E-state index contributed by atoms with van der Waals surface area (Å²) in [5.41, 5.74) is 2.96. The lowest BCUT2D eigenvalue weighted by atomic mass is 10.2. The van der Waals surface area contributed by atoms with Gasteiger partial charge in [0.2, 0.25) is 0 Å². The van der Waals surface area contributed by atoms with E-state index in [2.05, 4.69) is 25.6 Å². The third-order valence-electron chi connectivity index (χ3n) is 3.45. The predicted octanol–water partition coefficient (Wildman–Crippen LogP) is 2.74. The number of nitrogens with zero attached hydrogens (tertiary/aromatic N) is 4. The molecule has 0 aliphatic heterocycles. The molecule has 0 saturated carbocycles. The van der Waals surface area contributed by atoms with E-state index < -0.39 is 0 Å². The number of amides is 1. The fraction of sp³-hybridized carbons (Fsp3) is 0.0667. The van der Waals surface area contributed by atoms with Crippen LogP contribution in [0.5, 0.6) is 0 Å². The minimum absolute atomic E-state index is 0.292. The molecule has 0 spiro atoms. The Morgan fingerprint density at radius 3 is 3.17 bits per heavy atom. The summed E-state index contributed by atoms with van der Waals surface area (Å²) in [5.74, 6) is 0.174. The molecule has 4 heterocycles. The van der Waals surface area contributed by atoms with Gasteiger partial charge in [-0.3, -0.25) is 9.89 Å². The smallest absolute Gasteiger partial charge is 0.262 e. The Balaban J connectivity index is 1.60. The second-order valence-corrected chi connectivity index (χ2v) is 5.92. The second-order valence-electron chi connectivity index (χ2n) is 5.00. The third-order valence-corrected chi connectivity index (χ3v) is 4.50. The zero-order chi connectivity index (χ0) is 15.8. The van der Waals surface area contributed by atoms with Crippen LogP contribution in [0.4, 0.5) is 5.82 Å². The number of carbonyl (C=O) groups is 1. The van der Waals surface area contributed by atoms with Gasteiger partial charge in [-0.15, -0.1) is 11.3 Å². The Morgan fingerprint density at radius 2 is 2.35 bits per heavy atom. The first-order chi connectivity index (χ1) is 11.2. The number of hydrogen-bond acceptors (Lipinski definition) is 5. The quantitative estimate of drug-likeness (QED) is 0.606. The molecule has 4 aromatic rings. The molecular weight excluding hydrogens is 312 g/mol. The number of thiophene rings is 1. The van der Waals surface area contributed by atoms with Gasteiger partial charge >= 0.3 is 0 Å². The maximum absolute atomic E-state index is 12.4. The molecule has 1 amide bonds. The van der Waals surface area contributed by atoms with Gasteiger partial charge in [-0.2, -0.15) is 10.2 Å². The first-order valence-corrected chi connectivity index (χ1v) is 7.80. The zero-order valence-corrected chi connectivity index (χ0v) is 13.0. The Bertz CT molecular complexity index is 998. The van der Waals surface area contributed by atoms with Crippen LogP contribution in [0.15, 0.2) is 42.2 Å². The molecular formula is C15H12N6OS. The van der Waals surface area contributed by atoms with Gasteiger partial charge < -0.3 is 5.32 Å². The van der Waals surface area contributed by atoms with Gasteiger partial charge in [0.1, 0.15) is 5.56 Å². The second kappa shape index (κ2) is 5.33. The number of H-pyrrole nitrogens is 1. The highest BCUT2D eigenvalue weighted by atomic mass is 32.1. The largest absolute Gasteiger partial charge is 0.305 e. The van der Waals surface area contributed by atoms with E-state index >= 15 is 0 Å². The zero-order valence-electron chi connectivity index (χ0n) is 12.1. The first-order valence-electron chi connectivity index (χ1n) is 6.92. The number of rotatable bonds is 3. The van der Waals surface area contributed by atoms with E-state index in [1.807, 2.05) is 24.4 Å². The van der Waals surface area contributed by atoms with Crippen molar-refractivity contribution in [2.75, 3.05) is 5.32 Å². The van der Waals surface area contributed by atoms with Crippen molar-refractivity contribution < 1.29 is 4.79 Å². The first kappa shape index (κ1) is 13.6. The number of fused-ring (bicyclic) bond motifs is 1. The molecule has 0 atom stereocenters. The molecule has 0 radical (unpaired) electrons. The molecule has 7 nitrogen and oxygen atoms in total. The van der Waals surface area contributed by atoms with Gasteiger partial charge in [0.05, 0.1) is 16.8 Å². The summed E-state index contributed by atoms with van der Waals surface area (Å²) in [6.45, 7) is 2.04. The van der Waals surface area contributed by atoms with Gasteiger partial charge in [-0.05, 0) is 30.0 Å². The molecule has 114 valence electrons. The van der Waals surface area contributed by atoms with E-state index in [0.717, 1.165) is 10.6 Å². The molecule has 0 saturated heterocycles. The lowest BCUT2D eigenvalue weighted by Crippen LogP contribution is -2.12. The predicted molar refractivity (Wildman–Crippen MR) is 87.6 cm³/mol. The van der Waals surface area contributed by atoms with Gasteiger partial charge in [0.15, 0.2) is 11.5 Å². The summed E-state index contributed by atoms with van der Waals surface area (Å²) < 4.78 is 1.56. The number of aromatic nitrogens is 5. The number of carbonyl (C=O) groups excluding carboxylic acids is 1. The van der Waals surface area contributed by atoms with Crippen LogP contribution in [0, 0.1) is 6.92 Å². The number of nitrogens with one attached hydrogen (secondary N) is 2. The van der Waals surface area contributed by atoms with Crippen LogP contribution in [0.25, 0.3) is 16.2 Å². The van der Waals surface area contributed by atoms with Crippen LogP contribution in [-0.4, -0.2) is 30.7 Å². The molecule has 0 bridgehead atoms. The van der Waals surface area contributed by atoms with E-state index in [4.69, 9.17) is 0 Å².